The molecule has 0 spiro atoms. The van der Waals surface area contributed by atoms with Crippen LogP contribution in [0.4, 0.5) is 0 Å². The third-order valence-electron chi connectivity index (χ3n) is 2.61. The van der Waals surface area contributed by atoms with E-state index in [4.69, 9.17) is 0 Å². The van der Waals surface area contributed by atoms with Crippen LogP contribution in [0, 0.1) is 0 Å². The molecular weight excluding hydrogens is 232 g/mol. The van der Waals surface area contributed by atoms with Crippen LogP contribution in [-0.2, 0) is 13.6 Å². The van der Waals surface area contributed by atoms with Gasteiger partial charge in [0.2, 0.25) is 5.82 Å². The van der Waals surface area contributed by atoms with Crippen molar-refractivity contribution in [1.82, 2.24) is 30.3 Å². The molecule has 7 heteroatoms. The van der Waals surface area contributed by atoms with E-state index in [2.05, 4.69) is 25.6 Å². The highest BCUT2D eigenvalue weighted by molar-refractivity contribution is 5.90. The van der Waals surface area contributed by atoms with Gasteiger partial charge in [-0.3, -0.25) is 14.6 Å². The van der Waals surface area contributed by atoms with Crippen molar-refractivity contribution in [2.75, 3.05) is 0 Å². The Kier molecular flexibility index (Phi) is 3.40. The molecule has 2 heterocycles. The first-order chi connectivity index (χ1) is 8.58. The van der Waals surface area contributed by atoms with Gasteiger partial charge in [-0.05, 0) is 6.07 Å². The molecule has 18 heavy (non-hydrogen) atoms. The number of nitrogens with zero attached hydrogens (tertiary/aromatic N) is 4. The fourth-order valence-electron chi connectivity index (χ4n) is 1.46. The van der Waals surface area contributed by atoms with E-state index in [1.165, 1.54) is 0 Å². The van der Waals surface area contributed by atoms with Gasteiger partial charge in [-0.15, -0.1) is 5.10 Å². The van der Waals surface area contributed by atoms with Gasteiger partial charge in [-0.1, -0.05) is 13.8 Å². The van der Waals surface area contributed by atoms with E-state index < -0.39 is 0 Å². The number of carbonyl (C=O) groups is 1. The van der Waals surface area contributed by atoms with Crippen molar-refractivity contribution in [1.29, 1.82) is 0 Å². The number of rotatable bonds is 4. The van der Waals surface area contributed by atoms with E-state index in [0.29, 0.717) is 12.4 Å². The van der Waals surface area contributed by atoms with Gasteiger partial charge in [0.05, 0.1) is 12.2 Å². The summed E-state index contributed by atoms with van der Waals surface area (Å²) in [5.74, 6) is 0.803. The molecule has 0 fully saturated rings. The zero-order valence-electron chi connectivity index (χ0n) is 10.6. The van der Waals surface area contributed by atoms with Crippen LogP contribution in [0.1, 0.15) is 41.9 Å². The molecule has 0 aromatic carbocycles. The maximum atomic E-state index is 11.8. The van der Waals surface area contributed by atoms with Crippen LogP contribution in [0.25, 0.3) is 0 Å². The average Bonchev–Trinajstić information content (AvgIpc) is 2.94. The van der Waals surface area contributed by atoms with Crippen molar-refractivity contribution < 1.29 is 4.79 Å². The Morgan fingerprint density at radius 2 is 2.33 bits per heavy atom. The van der Waals surface area contributed by atoms with Gasteiger partial charge in [0.15, 0.2) is 0 Å². The van der Waals surface area contributed by atoms with Gasteiger partial charge in [0, 0.05) is 19.2 Å². The second-order valence-corrected chi connectivity index (χ2v) is 4.33. The minimum Gasteiger partial charge on any atom is -0.344 e. The Morgan fingerprint density at radius 3 is 2.89 bits per heavy atom. The topological polar surface area (TPSA) is 88.5 Å². The number of H-pyrrole nitrogens is 1. The molecule has 2 aromatic heterocycles. The van der Waals surface area contributed by atoms with Crippen molar-refractivity contribution in [2.24, 2.45) is 7.05 Å². The maximum Gasteiger partial charge on any atom is 0.291 e. The molecule has 2 rings (SSSR count). The lowest BCUT2D eigenvalue weighted by molar-refractivity contribution is 0.0940. The molecule has 2 aromatic rings. The van der Waals surface area contributed by atoms with E-state index in [1.807, 2.05) is 27.0 Å². The highest BCUT2D eigenvalue weighted by Gasteiger charge is 2.14. The number of amides is 1. The Morgan fingerprint density at radius 1 is 1.56 bits per heavy atom. The smallest absolute Gasteiger partial charge is 0.291 e. The summed E-state index contributed by atoms with van der Waals surface area (Å²) in [7, 11) is 1.82. The molecule has 1 amide bonds. The SMILES string of the molecule is CC(C)c1nc(C(=O)NCc2ccnn2C)n[nH]1. The first kappa shape index (κ1) is 12.3. The summed E-state index contributed by atoms with van der Waals surface area (Å²) in [6.07, 6.45) is 1.69. The Hall–Kier alpha value is -2.18. The van der Waals surface area contributed by atoms with E-state index in [0.717, 1.165) is 5.69 Å². The monoisotopic (exact) mass is 248 g/mol. The highest BCUT2D eigenvalue weighted by Crippen LogP contribution is 2.07. The van der Waals surface area contributed by atoms with Gasteiger partial charge in [0.25, 0.3) is 5.91 Å². The third kappa shape index (κ3) is 2.55. The van der Waals surface area contributed by atoms with Crippen LogP contribution in [-0.4, -0.2) is 30.9 Å². The maximum absolute atomic E-state index is 11.8. The van der Waals surface area contributed by atoms with Crippen LogP contribution >= 0.6 is 0 Å². The van der Waals surface area contributed by atoms with Crippen LogP contribution in [0.15, 0.2) is 12.3 Å². The minimum atomic E-state index is -0.292. The van der Waals surface area contributed by atoms with E-state index in [1.54, 1.807) is 10.9 Å². The van der Waals surface area contributed by atoms with Gasteiger partial charge in [0.1, 0.15) is 5.82 Å². The summed E-state index contributed by atoms with van der Waals surface area (Å²) in [4.78, 5) is 15.9. The molecule has 0 atom stereocenters. The zero-order valence-corrected chi connectivity index (χ0v) is 10.6. The number of nitrogens with one attached hydrogen (secondary N) is 2. The first-order valence-corrected chi connectivity index (χ1v) is 5.75. The largest absolute Gasteiger partial charge is 0.344 e. The van der Waals surface area contributed by atoms with Crippen molar-refractivity contribution in [3.63, 3.8) is 0 Å². The standard InChI is InChI=1S/C11H16N6O/c1-7(2)9-14-10(16-15-9)11(18)12-6-8-4-5-13-17(8)3/h4-5,7H,6H2,1-3H3,(H,12,18)(H,14,15,16). The van der Waals surface area contributed by atoms with Crippen LogP contribution in [0.3, 0.4) is 0 Å². The number of hydrogen-bond donors (Lipinski definition) is 2. The lowest BCUT2D eigenvalue weighted by Crippen LogP contribution is -2.25. The summed E-state index contributed by atoms with van der Waals surface area (Å²) in [5.41, 5.74) is 0.919. The predicted molar refractivity (Wildman–Crippen MR) is 64.8 cm³/mol. The predicted octanol–water partition coefficient (Wildman–Crippen LogP) is 0.592. The number of hydrogen-bond acceptors (Lipinski definition) is 4. The van der Waals surface area contributed by atoms with Crippen LogP contribution in [0.5, 0.6) is 0 Å². The molecule has 2 N–H and O–H groups in total. The molecule has 0 unspecified atom stereocenters. The van der Waals surface area contributed by atoms with Crippen molar-refractivity contribution >= 4 is 5.91 Å². The Labute approximate surface area is 105 Å². The first-order valence-electron chi connectivity index (χ1n) is 5.75. The number of aryl methyl sites for hydroxylation is 1. The van der Waals surface area contributed by atoms with Crippen molar-refractivity contribution in [3.8, 4) is 0 Å². The fraction of sp³-hybridized carbons (Fsp3) is 0.455. The molecule has 0 aliphatic carbocycles. The van der Waals surface area contributed by atoms with Gasteiger partial charge in [-0.25, -0.2) is 4.98 Å². The minimum absolute atomic E-state index is 0.167. The number of carbonyl (C=O) groups excluding carboxylic acids is 1. The number of aromatic amines is 1. The van der Waals surface area contributed by atoms with Gasteiger partial charge >= 0.3 is 0 Å². The Bertz CT molecular complexity index is 541. The molecule has 0 aliphatic heterocycles. The summed E-state index contributed by atoms with van der Waals surface area (Å²) in [6, 6.07) is 1.85. The normalized spacial score (nSPS) is 10.9. The second kappa shape index (κ2) is 4.99. The van der Waals surface area contributed by atoms with Gasteiger partial charge in [-0.2, -0.15) is 5.10 Å². The average molecular weight is 248 g/mol. The van der Waals surface area contributed by atoms with Crippen molar-refractivity contribution in [3.05, 3.63) is 29.6 Å². The van der Waals surface area contributed by atoms with Crippen LogP contribution in [0.2, 0.25) is 0 Å². The number of aromatic nitrogens is 5. The second-order valence-electron chi connectivity index (χ2n) is 4.33. The molecule has 0 bridgehead atoms. The molecule has 0 radical (unpaired) electrons. The zero-order chi connectivity index (χ0) is 13.1. The highest BCUT2D eigenvalue weighted by atomic mass is 16.2. The molecule has 0 saturated heterocycles. The summed E-state index contributed by atoms with van der Waals surface area (Å²) in [6.45, 7) is 4.37. The lowest BCUT2D eigenvalue weighted by Gasteiger charge is -2.02. The molecule has 0 saturated carbocycles. The third-order valence-corrected chi connectivity index (χ3v) is 2.61. The molecule has 0 aliphatic rings. The lowest BCUT2D eigenvalue weighted by atomic mass is 10.2. The fourth-order valence-corrected chi connectivity index (χ4v) is 1.46. The van der Waals surface area contributed by atoms with Crippen molar-refractivity contribution in [2.45, 2.75) is 26.3 Å². The molecule has 96 valence electrons. The van der Waals surface area contributed by atoms with E-state index >= 15 is 0 Å². The molecule has 7 nitrogen and oxygen atoms in total. The van der Waals surface area contributed by atoms with E-state index in [9.17, 15) is 4.79 Å². The Balaban J connectivity index is 1.97. The summed E-state index contributed by atoms with van der Waals surface area (Å²) >= 11 is 0. The summed E-state index contributed by atoms with van der Waals surface area (Å²) in [5, 5.41) is 13.4. The van der Waals surface area contributed by atoms with E-state index in [-0.39, 0.29) is 17.6 Å². The van der Waals surface area contributed by atoms with Gasteiger partial charge < -0.3 is 5.32 Å². The quantitative estimate of drug-likeness (QED) is 0.829. The van der Waals surface area contributed by atoms with Crippen LogP contribution < -0.4 is 5.32 Å². The molecular formula is C11H16N6O. The summed E-state index contributed by atoms with van der Waals surface area (Å²) < 4.78 is 1.71.